The number of hydrogen-bond acceptors (Lipinski definition) is 5. The number of amides is 1. The van der Waals surface area contributed by atoms with Crippen LogP contribution in [0.25, 0.3) is 10.2 Å². The van der Waals surface area contributed by atoms with E-state index in [0.717, 1.165) is 10.2 Å². The molecular formula is C18H16ClN3O3S2. The number of piperazine rings is 1. The minimum absolute atomic E-state index is 0.0971. The van der Waals surface area contributed by atoms with Crippen LogP contribution in [0.3, 0.4) is 0 Å². The lowest BCUT2D eigenvalue weighted by Gasteiger charge is -2.34. The first-order valence-corrected chi connectivity index (χ1v) is 11.0. The summed E-state index contributed by atoms with van der Waals surface area (Å²) in [5.41, 5.74) is 3.21. The molecule has 0 bridgehead atoms. The van der Waals surface area contributed by atoms with Crippen LogP contribution in [-0.2, 0) is 10.0 Å². The normalized spacial score (nSPS) is 16.0. The average Bonchev–Trinajstić information content (AvgIpc) is 3.15. The minimum Gasteiger partial charge on any atom is -0.336 e. The highest BCUT2D eigenvalue weighted by Crippen LogP contribution is 2.25. The van der Waals surface area contributed by atoms with Crippen LogP contribution in [0.15, 0.2) is 52.9 Å². The first kappa shape index (κ1) is 18.4. The second-order valence-electron chi connectivity index (χ2n) is 6.16. The summed E-state index contributed by atoms with van der Waals surface area (Å²) in [7, 11) is -3.67. The molecule has 1 aliphatic rings. The Bertz CT molecular complexity index is 1110. The van der Waals surface area contributed by atoms with Crippen LogP contribution < -0.4 is 0 Å². The number of hydrogen-bond donors (Lipinski definition) is 0. The van der Waals surface area contributed by atoms with E-state index in [-0.39, 0.29) is 28.9 Å². The predicted octanol–water partition coefficient (Wildman–Crippen LogP) is 3.10. The van der Waals surface area contributed by atoms with Crippen molar-refractivity contribution in [1.82, 2.24) is 14.2 Å². The van der Waals surface area contributed by atoms with Gasteiger partial charge >= 0.3 is 0 Å². The van der Waals surface area contributed by atoms with Crippen LogP contribution in [0.1, 0.15) is 10.4 Å². The van der Waals surface area contributed by atoms with E-state index in [1.54, 1.807) is 34.7 Å². The molecule has 1 saturated heterocycles. The van der Waals surface area contributed by atoms with Crippen LogP contribution in [0, 0.1) is 0 Å². The Morgan fingerprint density at radius 1 is 1.07 bits per heavy atom. The quantitative estimate of drug-likeness (QED) is 0.651. The minimum atomic E-state index is -3.67. The molecule has 2 aromatic carbocycles. The molecular weight excluding hydrogens is 406 g/mol. The Balaban J connectivity index is 1.48. The summed E-state index contributed by atoms with van der Waals surface area (Å²) in [6, 6.07) is 11.8. The predicted molar refractivity (Wildman–Crippen MR) is 106 cm³/mol. The summed E-state index contributed by atoms with van der Waals surface area (Å²) < 4.78 is 27.9. The Hall–Kier alpha value is -2.00. The van der Waals surface area contributed by atoms with Crippen molar-refractivity contribution in [2.24, 2.45) is 0 Å². The standard InChI is InChI=1S/C18H16ClN3O3S2/c19-14-3-1-2-4-17(14)27(24,25)22-9-7-21(8-10-22)18(23)13-5-6-15-16(11-13)26-12-20-15/h1-6,11-12H,7-10H2. The van der Waals surface area contributed by atoms with Crippen molar-refractivity contribution in [1.29, 1.82) is 0 Å². The average molecular weight is 422 g/mol. The Morgan fingerprint density at radius 3 is 2.56 bits per heavy atom. The van der Waals surface area contributed by atoms with Gasteiger partial charge < -0.3 is 4.90 Å². The molecule has 1 aromatic heterocycles. The molecule has 0 unspecified atom stereocenters. The topological polar surface area (TPSA) is 70.6 Å². The number of carbonyl (C=O) groups excluding carboxylic acids is 1. The van der Waals surface area contributed by atoms with Gasteiger partial charge in [-0.05, 0) is 30.3 Å². The number of aromatic nitrogens is 1. The van der Waals surface area contributed by atoms with Crippen LogP contribution in [-0.4, -0.2) is 54.7 Å². The highest BCUT2D eigenvalue weighted by atomic mass is 35.5. The van der Waals surface area contributed by atoms with Gasteiger partial charge in [-0.3, -0.25) is 4.79 Å². The fourth-order valence-electron chi connectivity index (χ4n) is 3.10. The maximum atomic E-state index is 12.8. The fraction of sp³-hybridized carbons (Fsp3) is 0.222. The number of sulfonamides is 1. The maximum Gasteiger partial charge on any atom is 0.253 e. The first-order chi connectivity index (χ1) is 13.0. The van der Waals surface area contributed by atoms with Gasteiger partial charge in [-0.25, -0.2) is 13.4 Å². The van der Waals surface area contributed by atoms with Crippen molar-refractivity contribution < 1.29 is 13.2 Å². The Kier molecular flexibility index (Phi) is 4.90. The van der Waals surface area contributed by atoms with Crippen molar-refractivity contribution in [3.8, 4) is 0 Å². The molecule has 0 spiro atoms. The molecule has 3 aromatic rings. The van der Waals surface area contributed by atoms with Gasteiger partial charge in [0.15, 0.2) is 0 Å². The van der Waals surface area contributed by atoms with Gasteiger partial charge in [0.1, 0.15) is 4.90 Å². The summed E-state index contributed by atoms with van der Waals surface area (Å²) in [6.07, 6.45) is 0. The van der Waals surface area contributed by atoms with Crippen LogP contribution >= 0.6 is 22.9 Å². The van der Waals surface area contributed by atoms with E-state index in [4.69, 9.17) is 11.6 Å². The molecule has 9 heteroatoms. The largest absolute Gasteiger partial charge is 0.336 e. The summed E-state index contributed by atoms with van der Waals surface area (Å²) in [4.78, 5) is 18.8. The lowest BCUT2D eigenvalue weighted by molar-refractivity contribution is 0.0698. The van der Waals surface area contributed by atoms with Gasteiger partial charge in [0.25, 0.3) is 5.91 Å². The molecule has 140 valence electrons. The van der Waals surface area contributed by atoms with Crippen molar-refractivity contribution in [3.05, 3.63) is 58.6 Å². The Labute approximate surface area is 166 Å². The molecule has 0 radical (unpaired) electrons. The van der Waals surface area contributed by atoms with Gasteiger partial charge in [0, 0.05) is 31.7 Å². The molecule has 1 aliphatic heterocycles. The van der Waals surface area contributed by atoms with E-state index in [0.29, 0.717) is 18.7 Å². The molecule has 2 heterocycles. The van der Waals surface area contributed by atoms with E-state index >= 15 is 0 Å². The fourth-order valence-corrected chi connectivity index (χ4v) is 5.73. The second-order valence-corrected chi connectivity index (χ2v) is 9.36. The number of rotatable bonds is 3. The van der Waals surface area contributed by atoms with Gasteiger partial charge in [-0.15, -0.1) is 11.3 Å². The van der Waals surface area contributed by atoms with Crippen molar-refractivity contribution in [3.63, 3.8) is 0 Å². The van der Waals surface area contributed by atoms with E-state index in [9.17, 15) is 13.2 Å². The smallest absolute Gasteiger partial charge is 0.253 e. The lowest BCUT2D eigenvalue weighted by atomic mass is 10.2. The number of nitrogens with zero attached hydrogens (tertiary/aromatic N) is 3. The first-order valence-electron chi connectivity index (χ1n) is 8.34. The van der Waals surface area contributed by atoms with Crippen molar-refractivity contribution in [2.75, 3.05) is 26.2 Å². The number of fused-ring (bicyclic) bond motifs is 1. The highest BCUT2D eigenvalue weighted by molar-refractivity contribution is 7.89. The molecule has 0 saturated carbocycles. The zero-order valence-corrected chi connectivity index (χ0v) is 16.6. The van der Waals surface area contributed by atoms with Crippen LogP contribution in [0.5, 0.6) is 0 Å². The summed E-state index contributed by atoms with van der Waals surface area (Å²) in [5.74, 6) is -0.0971. The third-order valence-electron chi connectivity index (χ3n) is 4.56. The SMILES string of the molecule is O=C(c1ccc2ncsc2c1)N1CCN(S(=O)(=O)c2ccccc2Cl)CC1. The molecule has 0 N–H and O–H groups in total. The molecule has 1 fully saturated rings. The number of halogens is 1. The van der Waals surface area contributed by atoms with Gasteiger partial charge in [0.05, 0.1) is 20.7 Å². The number of benzene rings is 2. The van der Waals surface area contributed by atoms with Crippen LogP contribution in [0.2, 0.25) is 5.02 Å². The molecule has 6 nitrogen and oxygen atoms in total. The van der Waals surface area contributed by atoms with E-state index in [1.807, 2.05) is 12.1 Å². The van der Waals surface area contributed by atoms with E-state index in [2.05, 4.69) is 4.98 Å². The van der Waals surface area contributed by atoms with Gasteiger partial charge in [0.2, 0.25) is 10.0 Å². The second kappa shape index (κ2) is 7.20. The molecule has 27 heavy (non-hydrogen) atoms. The van der Waals surface area contributed by atoms with Crippen molar-refractivity contribution in [2.45, 2.75) is 4.90 Å². The summed E-state index contributed by atoms with van der Waals surface area (Å²) in [5, 5.41) is 0.203. The van der Waals surface area contributed by atoms with Gasteiger partial charge in [-0.2, -0.15) is 4.31 Å². The Morgan fingerprint density at radius 2 is 1.81 bits per heavy atom. The van der Waals surface area contributed by atoms with Crippen LogP contribution in [0.4, 0.5) is 0 Å². The molecule has 1 amide bonds. The highest BCUT2D eigenvalue weighted by Gasteiger charge is 2.31. The molecule has 0 atom stereocenters. The van der Waals surface area contributed by atoms with Crippen molar-refractivity contribution >= 4 is 49.1 Å². The molecule has 4 rings (SSSR count). The maximum absolute atomic E-state index is 12.8. The zero-order valence-electron chi connectivity index (χ0n) is 14.2. The summed E-state index contributed by atoms with van der Waals surface area (Å²) >= 11 is 7.54. The van der Waals surface area contributed by atoms with E-state index < -0.39 is 10.0 Å². The third kappa shape index (κ3) is 3.45. The number of carbonyl (C=O) groups is 1. The molecule has 0 aliphatic carbocycles. The van der Waals surface area contributed by atoms with Gasteiger partial charge in [-0.1, -0.05) is 23.7 Å². The lowest BCUT2D eigenvalue weighted by Crippen LogP contribution is -2.50. The number of thiazole rings is 1. The van der Waals surface area contributed by atoms with E-state index in [1.165, 1.54) is 21.7 Å². The zero-order chi connectivity index (χ0) is 19.0. The monoisotopic (exact) mass is 421 g/mol. The summed E-state index contributed by atoms with van der Waals surface area (Å²) in [6.45, 7) is 1.15. The third-order valence-corrected chi connectivity index (χ3v) is 7.75.